The van der Waals surface area contributed by atoms with Crippen molar-refractivity contribution in [2.45, 2.75) is 93.4 Å². The van der Waals surface area contributed by atoms with Crippen molar-refractivity contribution in [3.05, 3.63) is 35.9 Å². The number of nitrogens with zero attached hydrogens (tertiary/aromatic N) is 1. The number of rotatable bonds is 16. The topological polar surface area (TPSA) is 20.2 Å². The third-order valence-corrected chi connectivity index (χ3v) is 6.63. The van der Waals surface area contributed by atoms with Crippen LogP contribution in [0.4, 0.5) is 74.6 Å². The maximum Gasteiger partial charge on any atom is 0.460 e. The lowest BCUT2D eigenvalue weighted by molar-refractivity contribution is -0.943. The van der Waals surface area contributed by atoms with Gasteiger partial charge in [-0.1, -0.05) is 44.2 Å². The Labute approximate surface area is 234 Å². The Hall–Kier alpha value is -2.05. The van der Waals surface area contributed by atoms with E-state index in [1.54, 1.807) is 44.2 Å². The van der Waals surface area contributed by atoms with Crippen LogP contribution < -0.4 is 0 Å². The van der Waals surface area contributed by atoms with Gasteiger partial charge in [-0.3, -0.25) is 0 Å². The molecule has 0 fully saturated rings. The molecule has 2 nitrogen and oxygen atoms in total. The van der Waals surface area contributed by atoms with Gasteiger partial charge in [-0.15, -0.1) is 0 Å². The minimum absolute atomic E-state index is 0.0511. The number of aliphatic hydroxyl groups is 1. The number of hydrogen-bond donors (Lipinski definition) is 1. The van der Waals surface area contributed by atoms with Crippen LogP contribution >= 0.6 is 0 Å². The lowest BCUT2D eigenvalue weighted by Crippen LogP contribution is -2.74. The Morgan fingerprint density at radius 2 is 0.953 bits per heavy atom. The first-order valence-electron chi connectivity index (χ1n) is 12.3. The predicted octanol–water partition coefficient (Wildman–Crippen LogP) is 8.58. The molecule has 252 valence electrons. The van der Waals surface area contributed by atoms with Crippen molar-refractivity contribution >= 4 is 0 Å². The lowest BCUT2D eigenvalue weighted by Gasteiger charge is -2.43. The Kier molecular flexibility index (Phi) is 11.2. The molecule has 1 rings (SSSR count). The summed E-state index contributed by atoms with van der Waals surface area (Å²) in [5.74, 6) is -56.9. The van der Waals surface area contributed by atoms with Gasteiger partial charge >= 0.3 is 47.6 Å². The Morgan fingerprint density at radius 3 is 1.33 bits per heavy atom. The smallest absolute Gasteiger partial charge is 0.387 e. The van der Waals surface area contributed by atoms with Gasteiger partial charge in [0.05, 0.1) is 13.1 Å². The number of benzene rings is 1. The van der Waals surface area contributed by atoms with Crippen LogP contribution in [0, 0.1) is 0 Å². The number of quaternary nitrogens is 1. The molecule has 0 heterocycles. The highest BCUT2D eigenvalue weighted by Crippen LogP contribution is 2.64. The van der Waals surface area contributed by atoms with Gasteiger partial charge < -0.3 is 9.59 Å². The molecule has 0 aromatic heterocycles. The van der Waals surface area contributed by atoms with Crippen LogP contribution in [-0.2, 0) is 6.54 Å². The quantitative estimate of drug-likeness (QED) is 0.138. The maximum absolute atomic E-state index is 14.5. The number of aliphatic hydroxyl groups excluding tert-OH is 1. The van der Waals surface area contributed by atoms with Crippen LogP contribution in [0.5, 0.6) is 0 Å². The summed E-state index contributed by atoms with van der Waals surface area (Å²) in [6.45, 7) is 2.32. The van der Waals surface area contributed by atoms with E-state index < -0.39 is 66.7 Å². The molecule has 0 radical (unpaired) electrons. The van der Waals surface area contributed by atoms with Crippen molar-refractivity contribution in [2.75, 3.05) is 19.6 Å². The van der Waals surface area contributed by atoms with E-state index in [1.165, 1.54) is 0 Å². The van der Waals surface area contributed by atoms with Gasteiger partial charge in [0.25, 0.3) is 0 Å². The van der Waals surface area contributed by atoms with Crippen LogP contribution in [0.1, 0.15) is 38.7 Å². The fourth-order valence-corrected chi connectivity index (χ4v) is 4.57. The molecular weight excluding hydrogens is 641 g/mol. The van der Waals surface area contributed by atoms with Crippen molar-refractivity contribution in [2.24, 2.45) is 0 Å². The van der Waals surface area contributed by atoms with Gasteiger partial charge in [0.15, 0.2) is 0 Å². The van der Waals surface area contributed by atoms with E-state index >= 15 is 0 Å². The number of hydrogen-bond acceptors (Lipinski definition) is 1. The average molecular weight is 668 g/mol. The highest BCUT2D eigenvalue weighted by atomic mass is 19.4. The van der Waals surface area contributed by atoms with E-state index in [0.29, 0.717) is 5.56 Å². The van der Waals surface area contributed by atoms with Gasteiger partial charge in [-0.2, -0.15) is 74.6 Å². The van der Waals surface area contributed by atoms with Gasteiger partial charge in [-0.25, -0.2) is 0 Å². The second-order valence-corrected chi connectivity index (χ2v) is 10.1. The first-order chi connectivity index (χ1) is 19.1. The molecule has 0 bridgehead atoms. The van der Waals surface area contributed by atoms with E-state index in [1.807, 2.05) is 0 Å². The Balaban J connectivity index is 3.48. The SMILES string of the molecule is CCC[N+](CCC)(Cc1ccccc1)CC(O)CC(F)(F)C(F)(F)C(F)(F)C(F)(F)C(F)(F)C(F)(F)C(F)(F)C(F)(F)F. The van der Waals surface area contributed by atoms with Crippen LogP contribution in [0.2, 0.25) is 0 Å². The summed E-state index contributed by atoms with van der Waals surface area (Å²) in [4.78, 5) is 0. The van der Waals surface area contributed by atoms with Gasteiger partial charge in [0.2, 0.25) is 0 Å². The summed E-state index contributed by atoms with van der Waals surface area (Å²) in [6.07, 6.45) is -12.9. The summed E-state index contributed by atoms with van der Waals surface area (Å²) < 4.78 is 230. The standard InChI is InChI=1S/C24H27F17NO/c1-3-10-42(11-4-2,13-15-8-6-5-7-9-15)14-16(43)12-17(25,26)18(27,28)19(29,30)20(31,32)21(33,34)22(35,36)23(37,38)24(39,40)41/h5-9,16,43H,3-4,10-14H2,1-2H3/q+1. The van der Waals surface area contributed by atoms with Crippen LogP contribution in [0.3, 0.4) is 0 Å². The molecule has 1 aromatic rings. The molecule has 1 N–H and O–H groups in total. The van der Waals surface area contributed by atoms with E-state index in [2.05, 4.69) is 0 Å². The van der Waals surface area contributed by atoms with Crippen molar-refractivity contribution < 1.29 is 84.2 Å². The molecule has 0 spiro atoms. The second kappa shape index (κ2) is 12.4. The third kappa shape index (κ3) is 6.81. The second-order valence-electron chi connectivity index (χ2n) is 10.1. The molecule has 0 saturated heterocycles. The summed E-state index contributed by atoms with van der Waals surface area (Å²) in [7, 11) is 0. The molecule has 19 heteroatoms. The Morgan fingerprint density at radius 1 is 0.581 bits per heavy atom. The lowest BCUT2D eigenvalue weighted by atomic mass is 9.87. The summed E-state index contributed by atoms with van der Waals surface area (Å²) in [5, 5.41) is 10.2. The summed E-state index contributed by atoms with van der Waals surface area (Å²) >= 11 is 0. The molecule has 0 aliphatic heterocycles. The zero-order valence-electron chi connectivity index (χ0n) is 22.2. The predicted molar refractivity (Wildman–Crippen MR) is 117 cm³/mol. The van der Waals surface area contributed by atoms with E-state index in [-0.39, 0.29) is 37.0 Å². The molecule has 0 aliphatic rings. The molecule has 0 amide bonds. The van der Waals surface area contributed by atoms with Crippen molar-refractivity contribution in [3.63, 3.8) is 0 Å². The Bertz CT molecular complexity index is 1030. The largest absolute Gasteiger partial charge is 0.460 e. The molecular formula is C24H27F17NO+. The average Bonchev–Trinajstić information content (AvgIpc) is 2.83. The number of alkyl halides is 17. The molecule has 0 saturated carbocycles. The summed E-state index contributed by atoms with van der Waals surface area (Å²) in [6, 6.07) is 7.80. The minimum atomic E-state index is -8.68. The third-order valence-electron chi connectivity index (χ3n) is 6.63. The molecule has 1 unspecified atom stereocenters. The van der Waals surface area contributed by atoms with Crippen molar-refractivity contribution in [1.29, 1.82) is 0 Å². The molecule has 1 atom stereocenters. The zero-order valence-corrected chi connectivity index (χ0v) is 22.2. The van der Waals surface area contributed by atoms with Gasteiger partial charge in [0, 0.05) is 12.0 Å². The fourth-order valence-electron chi connectivity index (χ4n) is 4.57. The van der Waals surface area contributed by atoms with Crippen molar-refractivity contribution in [3.8, 4) is 0 Å². The fraction of sp³-hybridized carbons (Fsp3) is 0.750. The van der Waals surface area contributed by atoms with Gasteiger partial charge in [0.1, 0.15) is 19.2 Å². The van der Waals surface area contributed by atoms with E-state index in [0.717, 1.165) is 0 Å². The van der Waals surface area contributed by atoms with Gasteiger partial charge in [-0.05, 0) is 12.8 Å². The molecule has 43 heavy (non-hydrogen) atoms. The van der Waals surface area contributed by atoms with E-state index in [4.69, 9.17) is 0 Å². The minimum Gasteiger partial charge on any atom is -0.387 e. The normalized spacial score (nSPS) is 16.0. The van der Waals surface area contributed by atoms with Crippen LogP contribution in [0.25, 0.3) is 0 Å². The number of halogens is 17. The highest BCUT2D eigenvalue weighted by Gasteiger charge is 2.95. The highest BCUT2D eigenvalue weighted by molar-refractivity contribution is 5.15. The van der Waals surface area contributed by atoms with Crippen molar-refractivity contribution in [1.82, 2.24) is 0 Å². The first kappa shape index (κ1) is 39.0. The molecule has 0 aliphatic carbocycles. The first-order valence-corrected chi connectivity index (χ1v) is 12.3. The molecule has 1 aromatic carbocycles. The summed E-state index contributed by atoms with van der Waals surface area (Å²) in [5.41, 5.74) is 0.527. The van der Waals surface area contributed by atoms with Crippen LogP contribution in [-0.4, -0.2) is 83.0 Å². The zero-order chi connectivity index (χ0) is 34.1. The van der Waals surface area contributed by atoms with Crippen LogP contribution in [0.15, 0.2) is 30.3 Å². The van der Waals surface area contributed by atoms with E-state index in [9.17, 15) is 79.7 Å². The monoisotopic (exact) mass is 668 g/mol. The maximum atomic E-state index is 14.5.